The summed E-state index contributed by atoms with van der Waals surface area (Å²) in [5.74, 6) is -0.350. The smallest absolute Gasteiger partial charge is 0.141 e. The molecule has 2 rings (SSSR count). The predicted octanol–water partition coefficient (Wildman–Crippen LogP) is 2.09. The molecule has 0 fully saturated rings. The zero-order chi connectivity index (χ0) is 11.6. The second-order valence-corrected chi connectivity index (χ2v) is 4.89. The lowest BCUT2D eigenvalue weighted by Gasteiger charge is -2.22. The monoisotopic (exact) mass is 237 g/mol. The van der Waals surface area contributed by atoms with Gasteiger partial charge in [0.1, 0.15) is 5.82 Å². The SMILES string of the molecule is CC(N)(Cc1cncs1)c1ccc(F)cn1. The number of rotatable bonds is 3. The van der Waals surface area contributed by atoms with Gasteiger partial charge in [-0.3, -0.25) is 9.97 Å². The highest BCUT2D eigenvalue weighted by atomic mass is 32.1. The summed E-state index contributed by atoms with van der Waals surface area (Å²) >= 11 is 1.55. The highest BCUT2D eigenvalue weighted by molar-refractivity contribution is 7.09. The number of nitrogens with two attached hydrogens (primary N) is 1. The fourth-order valence-corrected chi connectivity index (χ4v) is 2.26. The average molecular weight is 237 g/mol. The highest BCUT2D eigenvalue weighted by Gasteiger charge is 2.23. The largest absolute Gasteiger partial charge is 0.320 e. The summed E-state index contributed by atoms with van der Waals surface area (Å²) in [6, 6.07) is 3.00. The Balaban J connectivity index is 2.21. The molecule has 0 aliphatic heterocycles. The number of aromatic nitrogens is 2. The minimum atomic E-state index is -0.597. The van der Waals surface area contributed by atoms with Crippen LogP contribution in [0.3, 0.4) is 0 Å². The molecule has 3 nitrogen and oxygen atoms in total. The van der Waals surface area contributed by atoms with E-state index in [0.717, 1.165) is 4.88 Å². The molecule has 2 heterocycles. The van der Waals surface area contributed by atoms with Gasteiger partial charge in [0, 0.05) is 17.5 Å². The Labute approximate surface area is 97.2 Å². The molecule has 0 aromatic carbocycles. The Hall–Kier alpha value is -1.33. The van der Waals surface area contributed by atoms with Crippen LogP contribution in [0.5, 0.6) is 0 Å². The van der Waals surface area contributed by atoms with Gasteiger partial charge in [-0.1, -0.05) is 0 Å². The molecule has 0 aliphatic carbocycles. The highest BCUT2D eigenvalue weighted by Crippen LogP contribution is 2.22. The van der Waals surface area contributed by atoms with E-state index in [-0.39, 0.29) is 5.82 Å². The van der Waals surface area contributed by atoms with Crippen molar-refractivity contribution in [1.29, 1.82) is 0 Å². The first-order chi connectivity index (χ1) is 7.58. The van der Waals surface area contributed by atoms with E-state index in [9.17, 15) is 4.39 Å². The van der Waals surface area contributed by atoms with Crippen LogP contribution in [0.15, 0.2) is 30.0 Å². The Morgan fingerprint density at radius 1 is 1.44 bits per heavy atom. The fourth-order valence-electron chi connectivity index (χ4n) is 1.50. The summed E-state index contributed by atoms with van der Waals surface area (Å²) in [4.78, 5) is 9.11. The molecule has 2 N–H and O–H groups in total. The molecule has 0 radical (unpaired) electrons. The number of thiazole rings is 1. The van der Waals surface area contributed by atoms with Gasteiger partial charge in [0.15, 0.2) is 0 Å². The van der Waals surface area contributed by atoms with E-state index >= 15 is 0 Å². The number of halogens is 1. The zero-order valence-corrected chi connectivity index (χ0v) is 9.67. The Morgan fingerprint density at radius 3 is 2.81 bits per heavy atom. The van der Waals surface area contributed by atoms with Crippen molar-refractivity contribution in [3.8, 4) is 0 Å². The third-order valence-electron chi connectivity index (χ3n) is 2.34. The van der Waals surface area contributed by atoms with Crippen LogP contribution in [0.25, 0.3) is 0 Å². The third kappa shape index (κ3) is 2.43. The molecule has 0 aliphatic rings. The molecule has 16 heavy (non-hydrogen) atoms. The van der Waals surface area contributed by atoms with Gasteiger partial charge in [-0.25, -0.2) is 4.39 Å². The van der Waals surface area contributed by atoms with Gasteiger partial charge < -0.3 is 5.73 Å². The van der Waals surface area contributed by atoms with Crippen LogP contribution >= 0.6 is 11.3 Å². The molecule has 1 unspecified atom stereocenters. The average Bonchev–Trinajstić information content (AvgIpc) is 2.70. The van der Waals surface area contributed by atoms with Gasteiger partial charge in [-0.2, -0.15) is 0 Å². The molecule has 0 amide bonds. The Morgan fingerprint density at radius 2 is 2.25 bits per heavy atom. The van der Waals surface area contributed by atoms with Crippen molar-refractivity contribution >= 4 is 11.3 Å². The second kappa shape index (κ2) is 4.27. The third-order valence-corrected chi connectivity index (χ3v) is 3.12. The van der Waals surface area contributed by atoms with Gasteiger partial charge in [0.05, 0.1) is 22.9 Å². The standard InChI is InChI=1S/C11H12FN3S/c1-11(13,4-9-6-14-7-16-9)10-3-2-8(12)5-15-10/h2-3,5-7H,4,13H2,1H3. The van der Waals surface area contributed by atoms with E-state index in [1.54, 1.807) is 29.1 Å². The molecule has 0 bridgehead atoms. The van der Waals surface area contributed by atoms with Crippen molar-refractivity contribution in [2.45, 2.75) is 18.9 Å². The van der Waals surface area contributed by atoms with Gasteiger partial charge in [-0.15, -0.1) is 11.3 Å². The van der Waals surface area contributed by atoms with Crippen LogP contribution in [0, 0.1) is 5.82 Å². The van der Waals surface area contributed by atoms with E-state index in [0.29, 0.717) is 12.1 Å². The number of hydrogen-bond donors (Lipinski definition) is 1. The molecule has 2 aromatic rings. The van der Waals surface area contributed by atoms with Crippen molar-refractivity contribution in [1.82, 2.24) is 9.97 Å². The van der Waals surface area contributed by atoms with Crippen LogP contribution < -0.4 is 5.73 Å². The lowest BCUT2D eigenvalue weighted by molar-refractivity contribution is 0.476. The van der Waals surface area contributed by atoms with E-state index in [4.69, 9.17) is 5.73 Å². The van der Waals surface area contributed by atoms with Crippen molar-refractivity contribution in [3.05, 3.63) is 46.4 Å². The first-order valence-electron chi connectivity index (χ1n) is 4.86. The molecule has 84 valence electrons. The fraction of sp³-hybridized carbons (Fsp3) is 0.273. The predicted molar refractivity (Wildman–Crippen MR) is 61.6 cm³/mol. The summed E-state index contributed by atoms with van der Waals surface area (Å²) in [5.41, 5.74) is 8.03. The van der Waals surface area contributed by atoms with Crippen LogP contribution in [-0.2, 0) is 12.0 Å². The van der Waals surface area contributed by atoms with Crippen LogP contribution in [-0.4, -0.2) is 9.97 Å². The van der Waals surface area contributed by atoms with Gasteiger partial charge in [0.25, 0.3) is 0 Å². The maximum atomic E-state index is 12.7. The Kier molecular flexibility index (Phi) is 2.98. The lowest BCUT2D eigenvalue weighted by atomic mass is 9.94. The summed E-state index contributed by atoms with van der Waals surface area (Å²) in [6.45, 7) is 1.88. The lowest BCUT2D eigenvalue weighted by Crippen LogP contribution is -2.36. The van der Waals surface area contributed by atoms with Gasteiger partial charge in [0.2, 0.25) is 0 Å². The van der Waals surface area contributed by atoms with Crippen LogP contribution in [0.2, 0.25) is 0 Å². The number of nitrogens with zero attached hydrogens (tertiary/aromatic N) is 2. The van der Waals surface area contributed by atoms with Crippen molar-refractivity contribution in [2.24, 2.45) is 5.73 Å². The number of hydrogen-bond acceptors (Lipinski definition) is 4. The quantitative estimate of drug-likeness (QED) is 0.889. The molecular formula is C11H12FN3S. The Bertz CT molecular complexity index is 451. The van der Waals surface area contributed by atoms with Gasteiger partial charge in [-0.05, 0) is 19.1 Å². The molecule has 0 saturated heterocycles. The molecule has 1 atom stereocenters. The summed E-state index contributed by atoms with van der Waals surface area (Å²) in [6.07, 6.45) is 3.63. The minimum Gasteiger partial charge on any atom is -0.320 e. The topological polar surface area (TPSA) is 51.8 Å². The first-order valence-corrected chi connectivity index (χ1v) is 5.74. The van der Waals surface area contributed by atoms with Crippen molar-refractivity contribution in [3.63, 3.8) is 0 Å². The maximum absolute atomic E-state index is 12.7. The van der Waals surface area contributed by atoms with E-state index < -0.39 is 5.54 Å². The van der Waals surface area contributed by atoms with Crippen LogP contribution in [0.1, 0.15) is 17.5 Å². The minimum absolute atomic E-state index is 0.350. The van der Waals surface area contributed by atoms with Gasteiger partial charge >= 0.3 is 0 Å². The summed E-state index contributed by atoms with van der Waals surface area (Å²) < 4.78 is 12.7. The number of pyridine rings is 1. The maximum Gasteiger partial charge on any atom is 0.141 e. The molecular weight excluding hydrogens is 225 g/mol. The molecule has 2 aromatic heterocycles. The normalized spacial score (nSPS) is 14.7. The van der Waals surface area contributed by atoms with E-state index in [1.807, 2.05) is 6.92 Å². The summed E-state index contributed by atoms with van der Waals surface area (Å²) in [7, 11) is 0. The van der Waals surface area contributed by atoms with E-state index in [1.165, 1.54) is 12.3 Å². The van der Waals surface area contributed by atoms with Crippen molar-refractivity contribution in [2.75, 3.05) is 0 Å². The molecule has 0 saturated carbocycles. The zero-order valence-electron chi connectivity index (χ0n) is 8.85. The van der Waals surface area contributed by atoms with Crippen molar-refractivity contribution < 1.29 is 4.39 Å². The van der Waals surface area contributed by atoms with Crippen LogP contribution in [0.4, 0.5) is 4.39 Å². The molecule has 0 spiro atoms. The van der Waals surface area contributed by atoms with E-state index in [2.05, 4.69) is 9.97 Å². The second-order valence-electron chi connectivity index (χ2n) is 3.92. The molecule has 5 heteroatoms. The first kappa shape index (κ1) is 11.2. The summed E-state index contributed by atoms with van der Waals surface area (Å²) in [5, 5.41) is 0.